The van der Waals surface area contributed by atoms with Gasteiger partial charge in [0.15, 0.2) is 0 Å². The number of halogens is 1. The van der Waals surface area contributed by atoms with Gasteiger partial charge in [-0.05, 0) is 48.0 Å². The first kappa shape index (κ1) is 17.5. The zero-order chi connectivity index (χ0) is 18.4. The predicted molar refractivity (Wildman–Crippen MR) is 100 cm³/mol. The number of carbonyl (C=O) groups excluding carboxylic acids is 1. The second-order valence-electron chi connectivity index (χ2n) is 5.83. The summed E-state index contributed by atoms with van der Waals surface area (Å²) in [6, 6.07) is 21.0. The zero-order valence-corrected chi connectivity index (χ0v) is 14.1. The highest BCUT2D eigenvalue weighted by Gasteiger charge is 2.03. The molecule has 1 amide bonds. The van der Waals surface area contributed by atoms with Crippen LogP contribution < -0.4 is 15.8 Å². The number of benzene rings is 3. The number of hydrogen-bond donors (Lipinski definition) is 2. The Balaban J connectivity index is 1.61. The minimum atomic E-state index is -0.469. The van der Waals surface area contributed by atoms with Crippen molar-refractivity contribution in [2.75, 3.05) is 11.9 Å². The van der Waals surface area contributed by atoms with E-state index in [2.05, 4.69) is 5.32 Å². The zero-order valence-electron chi connectivity index (χ0n) is 14.1. The van der Waals surface area contributed by atoms with E-state index in [0.717, 1.165) is 16.9 Å². The molecular formula is C21H19FN2O2. The molecule has 0 radical (unpaired) electrons. The van der Waals surface area contributed by atoms with Gasteiger partial charge in [-0.2, -0.15) is 0 Å². The summed E-state index contributed by atoms with van der Waals surface area (Å²) in [5.41, 5.74) is 8.23. The molecule has 0 aliphatic carbocycles. The topological polar surface area (TPSA) is 64.4 Å². The summed E-state index contributed by atoms with van der Waals surface area (Å²) >= 11 is 0. The number of carbonyl (C=O) groups is 1. The van der Waals surface area contributed by atoms with Crippen molar-refractivity contribution in [3.63, 3.8) is 0 Å². The lowest BCUT2D eigenvalue weighted by Crippen LogP contribution is -2.10. The van der Waals surface area contributed by atoms with Crippen molar-refractivity contribution < 1.29 is 13.9 Å². The third kappa shape index (κ3) is 4.83. The fourth-order valence-electron chi connectivity index (χ4n) is 2.56. The summed E-state index contributed by atoms with van der Waals surface area (Å²) in [5.74, 6) is -0.00701. The van der Waals surface area contributed by atoms with Gasteiger partial charge in [-0.3, -0.25) is 4.79 Å². The van der Waals surface area contributed by atoms with Crippen molar-refractivity contribution in [3.05, 3.63) is 89.7 Å². The van der Waals surface area contributed by atoms with E-state index in [4.69, 9.17) is 10.5 Å². The van der Waals surface area contributed by atoms with Crippen molar-refractivity contribution in [2.45, 2.75) is 6.42 Å². The first-order valence-corrected chi connectivity index (χ1v) is 8.24. The van der Waals surface area contributed by atoms with Crippen molar-refractivity contribution >= 4 is 17.3 Å². The molecule has 3 aromatic carbocycles. The molecule has 0 saturated carbocycles. The standard InChI is InChI=1S/C21H19FN2O2/c22-17-6-1-4-15(12-17)10-11-26-20-9-3-8-19(14-20)24-18-7-2-5-16(13-18)21(23)25/h1-9,12-14,24H,10-11H2,(H2,23,25). The number of nitrogens with two attached hydrogens (primary N) is 1. The highest BCUT2D eigenvalue weighted by molar-refractivity contribution is 5.93. The van der Waals surface area contributed by atoms with Crippen molar-refractivity contribution in [2.24, 2.45) is 5.73 Å². The predicted octanol–water partition coefficient (Wildman–Crippen LogP) is 4.29. The Bertz CT molecular complexity index is 912. The number of amides is 1. The van der Waals surface area contributed by atoms with Crippen LogP contribution in [0.1, 0.15) is 15.9 Å². The summed E-state index contributed by atoms with van der Waals surface area (Å²) in [4.78, 5) is 11.3. The maximum absolute atomic E-state index is 13.2. The Morgan fingerprint density at radius 2 is 1.69 bits per heavy atom. The summed E-state index contributed by atoms with van der Waals surface area (Å²) in [5, 5.41) is 3.22. The molecule has 5 heteroatoms. The molecule has 3 rings (SSSR count). The van der Waals surface area contributed by atoms with Gasteiger partial charge in [0.2, 0.25) is 5.91 Å². The molecule has 0 bridgehead atoms. The quantitative estimate of drug-likeness (QED) is 0.668. The lowest BCUT2D eigenvalue weighted by atomic mass is 10.1. The Morgan fingerprint density at radius 1 is 0.962 bits per heavy atom. The van der Waals surface area contributed by atoms with Crippen LogP contribution in [0.3, 0.4) is 0 Å². The fourth-order valence-corrected chi connectivity index (χ4v) is 2.56. The monoisotopic (exact) mass is 350 g/mol. The molecule has 0 aromatic heterocycles. The van der Waals surface area contributed by atoms with Gasteiger partial charge in [-0.1, -0.05) is 24.3 Å². The Hall–Kier alpha value is -3.34. The molecule has 0 spiro atoms. The van der Waals surface area contributed by atoms with Gasteiger partial charge in [0, 0.05) is 29.4 Å². The van der Waals surface area contributed by atoms with Gasteiger partial charge >= 0.3 is 0 Å². The molecule has 132 valence electrons. The number of rotatable bonds is 7. The van der Waals surface area contributed by atoms with Crippen molar-refractivity contribution in [1.82, 2.24) is 0 Å². The molecule has 3 N–H and O–H groups in total. The number of primary amides is 1. The van der Waals surface area contributed by atoms with Gasteiger partial charge in [0.25, 0.3) is 0 Å². The van der Waals surface area contributed by atoms with Gasteiger partial charge in [0.1, 0.15) is 11.6 Å². The average Bonchev–Trinajstić information content (AvgIpc) is 2.62. The van der Waals surface area contributed by atoms with Gasteiger partial charge in [-0.15, -0.1) is 0 Å². The van der Waals surface area contributed by atoms with Gasteiger partial charge < -0.3 is 15.8 Å². The molecule has 4 nitrogen and oxygen atoms in total. The number of hydrogen-bond acceptors (Lipinski definition) is 3. The highest BCUT2D eigenvalue weighted by Crippen LogP contribution is 2.22. The molecule has 0 heterocycles. The van der Waals surface area contributed by atoms with Crippen LogP contribution in [-0.2, 0) is 6.42 Å². The van der Waals surface area contributed by atoms with Crippen LogP contribution in [0, 0.1) is 5.82 Å². The van der Waals surface area contributed by atoms with Crippen LogP contribution >= 0.6 is 0 Å². The van der Waals surface area contributed by atoms with Crippen LogP contribution in [-0.4, -0.2) is 12.5 Å². The van der Waals surface area contributed by atoms with Crippen molar-refractivity contribution in [1.29, 1.82) is 0 Å². The van der Waals surface area contributed by atoms with Crippen LogP contribution in [0.4, 0.5) is 15.8 Å². The Kier molecular flexibility index (Phi) is 5.49. The van der Waals surface area contributed by atoms with E-state index in [1.807, 2.05) is 36.4 Å². The maximum atomic E-state index is 13.2. The van der Waals surface area contributed by atoms with E-state index in [1.54, 1.807) is 24.3 Å². The number of ether oxygens (including phenoxy) is 1. The van der Waals surface area contributed by atoms with Crippen LogP contribution in [0.15, 0.2) is 72.8 Å². The Morgan fingerprint density at radius 3 is 2.46 bits per heavy atom. The normalized spacial score (nSPS) is 10.3. The summed E-state index contributed by atoms with van der Waals surface area (Å²) in [7, 11) is 0. The minimum Gasteiger partial charge on any atom is -0.493 e. The average molecular weight is 350 g/mol. The Labute approximate surface area is 151 Å². The second kappa shape index (κ2) is 8.16. The molecular weight excluding hydrogens is 331 g/mol. The number of nitrogens with one attached hydrogen (secondary N) is 1. The molecule has 0 unspecified atom stereocenters. The summed E-state index contributed by atoms with van der Waals surface area (Å²) in [6.07, 6.45) is 0.621. The molecule has 0 fully saturated rings. The van der Waals surface area contributed by atoms with Crippen LogP contribution in [0.2, 0.25) is 0 Å². The third-order valence-electron chi connectivity index (χ3n) is 3.82. The molecule has 0 saturated heterocycles. The largest absolute Gasteiger partial charge is 0.493 e. The van der Waals surface area contributed by atoms with Crippen LogP contribution in [0.25, 0.3) is 0 Å². The van der Waals surface area contributed by atoms with E-state index in [0.29, 0.717) is 24.3 Å². The maximum Gasteiger partial charge on any atom is 0.248 e. The molecule has 0 aliphatic heterocycles. The fraction of sp³-hybridized carbons (Fsp3) is 0.0952. The van der Waals surface area contributed by atoms with E-state index in [-0.39, 0.29) is 5.82 Å². The SMILES string of the molecule is NC(=O)c1cccc(Nc2cccc(OCCc3cccc(F)c3)c2)c1. The van der Waals surface area contributed by atoms with Gasteiger partial charge in [0.05, 0.1) is 6.61 Å². The second-order valence-corrected chi connectivity index (χ2v) is 5.83. The van der Waals surface area contributed by atoms with E-state index in [1.165, 1.54) is 12.1 Å². The van der Waals surface area contributed by atoms with E-state index >= 15 is 0 Å². The van der Waals surface area contributed by atoms with Crippen molar-refractivity contribution in [3.8, 4) is 5.75 Å². The third-order valence-corrected chi connectivity index (χ3v) is 3.82. The lowest BCUT2D eigenvalue weighted by Gasteiger charge is -2.11. The van der Waals surface area contributed by atoms with Crippen LogP contribution in [0.5, 0.6) is 5.75 Å². The van der Waals surface area contributed by atoms with E-state index in [9.17, 15) is 9.18 Å². The smallest absolute Gasteiger partial charge is 0.248 e. The molecule has 0 aliphatic rings. The molecule has 26 heavy (non-hydrogen) atoms. The molecule has 3 aromatic rings. The summed E-state index contributed by atoms with van der Waals surface area (Å²) < 4.78 is 18.9. The minimum absolute atomic E-state index is 0.244. The summed E-state index contributed by atoms with van der Waals surface area (Å²) in [6.45, 7) is 0.448. The van der Waals surface area contributed by atoms with E-state index < -0.39 is 5.91 Å². The first-order chi connectivity index (χ1) is 12.6. The lowest BCUT2D eigenvalue weighted by molar-refractivity contribution is 0.100. The molecule has 0 atom stereocenters. The first-order valence-electron chi connectivity index (χ1n) is 8.24. The highest BCUT2D eigenvalue weighted by atomic mass is 19.1. The van der Waals surface area contributed by atoms with Gasteiger partial charge in [-0.25, -0.2) is 4.39 Å². The number of anilines is 2.